The maximum Gasteiger partial charge on any atom is 0.226 e. The van der Waals surface area contributed by atoms with E-state index < -0.39 is 5.92 Å². The number of allylic oxidation sites excluding steroid dienone is 4. The van der Waals surface area contributed by atoms with Gasteiger partial charge < -0.3 is 26.2 Å². The summed E-state index contributed by atoms with van der Waals surface area (Å²) in [5, 5.41) is 6.41. The van der Waals surface area contributed by atoms with Crippen LogP contribution in [0, 0.1) is 11.8 Å². The smallest absolute Gasteiger partial charge is 0.226 e. The van der Waals surface area contributed by atoms with Crippen LogP contribution in [-0.2, 0) is 14.4 Å². The van der Waals surface area contributed by atoms with Crippen molar-refractivity contribution in [2.24, 2.45) is 17.6 Å². The van der Waals surface area contributed by atoms with Gasteiger partial charge in [0.15, 0.2) is 5.78 Å². The summed E-state index contributed by atoms with van der Waals surface area (Å²) in [4.78, 5) is 45.0. The number of hydrogen-bond donors (Lipinski definition) is 3. The number of Topliss-reactive ketones (excluding diaryl/α,β-unsaturated/α-hetero) is 1. The zero-order valence-corrected chi connectivity index (χ0v) is 23.0. The molecule has 3 heterocycles. The number of carbonyl (C=O) groups excluding carboxylic acids is 3. The van der Waals surface area contributed by atoms with E-state index in [1.165, 1.54) is 0 Å². The molecule has 1 unspecified atom stereocenters. The van der Waals surface area contributed by atoms with Gasteiger partial charge >= 0.3 is 0 Å². The number of carbonyl (C=O) groups is 3. The van der Waals surface area contributed by atoms with Gasteiger partial charge in [-0.2, -0.15) is 0 Å². The van der Waals surface area contributed by atoms with Crippen LogP contribution in [0.3, 0.4) is 0 Å². The van der Waals surface area contributed by atoms with Gasteiger partial charge in [-0.25, -0.2) is 0 Å². The monoisotopic (exact) mass is 522 g/mol. The molecular weight excluding hydrogens is 479 g/mol. The summed E-state index contributed by atoms with van der Waals surface area (Å²) in [6.07, 6.45) is 9.18. The number of amides is 2. The molecule has 2 amide bonds. The van der Waals surface area contributed by atoms with Crippen LogP contribution in [0.5, 0.6) is 0 Å². The third kappa shape index (κ3) is 7.50. The molecule has 4 N–H and O–H groups in total. The van der Waals surface area contributed by atoms with Gasteiger partial charge in [0.1, 0.15) is 7.85 Å². The minimum absolute atomic E-state index is 0.00228. The van der Waals surface area contributed by atoms with Gasteiger partial charge in [0.25, 0.3) is 0 Å². The summed E-state index contributed by atoms with van der Waals surface area (Å²) in [5.41, 5.74) is 8.04. The van der Waals surface area contributed by atoms with E-state index >= 15 is 0 Å². The first kappa shape index (κ1) is 28.4. The SMILES string of the molecule is [B]C1=CC(C(=O)CN2CCN(CCC)CC2)C=C(N[C@@H]2CCCN(C(=O)[C@H]3CC(=O)N[C@@H](C)C3)C2)C(N)=C1. The molecule has 3 saturated heterocycles. The summed E-state index contributed by atoms with van der Waals surface area (Å²) in [5.74, 6) is -0.639. The van der Waals surface area contributed by atoms with Crippen molar-refractivity contribution in [1.29, 1.82) is 0 Å². The summed E-state index contributed by atoms with van der Waals surface area (Å²) >= 11 is 0. The van der Waals surface area contributed by atoms with Crippen LogP contribution in [0.15, 0.2) is 35.1 Å². The molecule has 206 valence electrons. The van der Waals surface area contributed by atoms with Gasteiger partial charge in [-0.15, -0.1) is 0 Å². The minimum Gasteiger partial charge on any atom is -0.397 e. The van der Waals surface area contributed by atoms with Crippen molar-refractivity contribution in [3.63, 3.8) is 0 Å². The van der Waals surface area contributed by atoms with E-state index in [0.717, 1.165) is 52.0 Å². The molecule has 1 aliphatic carbocycles. The maximum absolute atomic E-state index is 13.3. The normalized spacial score (nSPS) is 29.5. The second-order valence-electron chi connectivity index (χ2n) is 11.3. The van der Waals surface area contributed by atoms with E-state index in [0.29, 0.717) is 42.9 Å². The highest BCUT2D eigenvalue weighted by atomic mass is 16.2. The van der Waals surface area contributed by atoms with Crippen molar-refractivity contribution < 1.29 is 14.4 Å². The molecule has 0 aromatic heterocycles. The maximum atomic E-state index is 13.3. The van der Waals surface area contributed by atoms with Crippen LogP contribution >= 0.6 is 0 Å². The molecule has 0 spiro atoms. The Bertz CT molecular complexity index is 987. The number of piperidine rings is 2. The van der Waals surface area contributed by atoms with Crippen LogP contribution in [0.1, 0.15) is 46.0 Å². The molecule has 3 aliphatic heterocycles. The average molecular weight is 523 g/mol. The number of nitrogens with one attached hydrogen (secondary N) is 2. The molecular formula is C28H43BN6O3. The molecule has 38 heavy (non-hydrogen) atoms. The zero-order valence-electron chi connectivity index (χ0n) is 23.0. The van der Waals surface area contributed by atoms with Crippen molar-refractivity contribution in [1.82, 2.24) is 25.3 Å². The van der Waals surface area contributed by atoms with Crippen LogP contribution in [0.2, 0.25) is 0 Å². The molecule has 9 nitrogen and oxygen atoms in total. The van der Waals surface area contributed by atoms with Crippen LogP contribution in [0.25, 0.3) is 0 Å². The molecule has 0 aromatic rings. The first-order valence-electron chi connectivity index (χ1n) is 14.2. The summed E-state index contributed by atoms with van der Waals surface area (Å²) < 4.78 is 0. The number of rotatable bonds is 8. The number of piperazine rings is 1. The Morgan fingerprint density at radius 1 is 1.16 bits per heavy atom. The average Bonchev–Trinajstić information content (AvgIpc) is 3.02. The first-order valence-corrected chi connectivity index (χ1v) is 14.2. The number of ketones is 1. The molecule has 4 atom stereocenters. The van der Waals surface area contributed by atoms with E-state index in [4.69, 9.17) is 13.6 Å². The Balaban J connectivity index is 1.37. The van der Waals surface area contributed by atoms with Crippen molar-refractivity contribution >= 4 is 25.4 Å². The van der Waals surface area contributed by atoms with Gasteiger partial charge in [0.05, 0.1) is 23.9 Å². The molecule has 2 radical (unpaired) electrons. The lowest BCUT2D eigenvalue weighted by molar-refractivity contribution is -0.141. The Hall–Kier alpha value is -2.59. The first-order chi connectivity index (χ1) is 18.2. The van der Waals surface area contributed by atoms with Crippen molar-refractivity contribution in [2.45, 2.75) is 58.0 Å². The van der Waals surface area contributed by atoms with E-state index in [1.54, 1.807) is 12.2 Å². The Morgan fingerprint density at radius 2 is 1.89 bits per heavy atom. The number of nitrogens with two attached hydrogens (primary N) is 1. The predicted octanol–water partition coefficient (Wildman–Crippen LogP) is 0.487. The summed E-state index contributed by atoms with van der Waals surface area (Å²) in [6.45, 7) is 10.6. The van der Waals surface area contributed by atoms with Crippen LogP contribution in [-0.4, -0.2) is 105 Å². The highest BCUT2D eigenvalue weighted by molar-refractivity contribution is 6.23. The predicted molar refractivity (Wildman–Crippen MR) is 149 cm³/mol. The Kier molecular flexibility index (Phi) is 9.71. The third-order valence-corrected chi connectivity index (χ3v) is 8.03. The lowest BCUT2D eigenvalue weighted by Gasteiger charge is -2.37. The van der Waals surface area contributed by atoms with Crippen LogP contribution < -0.4 is 16.4 Å². The minimum atomic E-state index is -0.466. The van der Waals surface area contributed by atoms with Gasteiger partial charge in [-0.05, 0) is 51.3 Å². The van der Waals surface area contributed by atoms with Crippen molar-refractivity contribution in [3.8, 4) is 0 Å². The second kappa shape index (κ2) is 13.0. The molecule has 3 fully saturated rings. The number of likely N-dealkylation sites (tertiary alicyclic amines) is 1. The fourth-order valence-corrected chi connectivity index (χ4v) is 6.05. The van der Waals surface area contributed by atoms with Crippen LogP contribution in [0.4, 0.5) is 0 Å². The van der Waals surface area contributed by atoms with Crippen molar-refractivity contribution in [2.75, 3.05) is 52.4 Å². The van der Waals surface area contributed by atoms with E-state index in [2.05, 4.69) is 27.4 Å². The highest BCUT2D eigenvalue weighted by Crippen LogP contribution is 2.24. The number of nitrogens with zero attached hydrogens (tertiary/aromatic N) is 3. The van der Waals surface area contributed by atoms with E-state index in [9.17, 15) is 14.4 Å². The molecule has 0 aromatic carbocycles. The van der Waals surface area contributed by atoms with Gasteiger partial charge in [-0.1, -0.05) is 18.5 Å². The fraction of sp³-hybridized carbons (Fsp3) is 0.679. The van der Waals surface area contributed by atoms with E-state index in [1.807, 2.05) is 17.9 Å². The summed E-state index contributed by atoms with van der Waals surface area (Å²) in [6, 6.07) is 0.0140. The zero-order chi connectivity index (χ0) is 27.2. The van der Waals surface area contributed by atoms with Gasteiger partial charge in [0, 0.05) is 63.7 Å². The van der Waals surface area contributed by atoms with Crippen molar-refractivity contribution in [3.05, 3.63) is 35.1 Å². The lowest BCUT2D eigenvalue weighted by Crippen LogP contribution is -2.52. The molecule has 4 aliphatic rings. The molecule has 10 heteroatoms. The number of hydrogen-bond acceptors (Lipinski definition) is 7. The largest absolute Gasteiger partial charge is 0.397 e. The third-order valence-electron chi connectivity index (χ3n) is 8.03. The Morgan fingerprint density at radius 3 is 2.61 bits per heavy atom. The summed E-state index contributed by atoms with van der Waals surface area (Å²) in [7, 11) is 6.19. The molecule has 4 rings (SSSR count). The highest BCUT2D eigenvalue weighted by Gasteiger charge is 2.34. The van der Waals surface area contributed by atoms with Gasteiger partial charge in [0.2, 0.25) is 11.8 Å². The standard InChI is InChI=1S/C28H43BN6O3/c1-3-6-33-8-10-34(11-9-33)18-26(36)20-13-22(29)16-24(30)25(14-20)32-23-5-4-7-35(17-23)28(38)21-12-19(2)31-27(37)15-21/h13-14,16,19-21,23,32H,3-12,15,17-18,30H2,1-2H3,(H,31,37)/t19-,20?,21+,23+/m0/s1. The lowest BCUT2D eigenvalue weighted by atomic mass is 9.90. The van der Waals surface area contributed by atoms with Gasteiger partial charge in [-0.3, -0.25) is 19.3 Å². The topological polar surface area (TPSA) is 111 Å². The van der Waals surface area contributed by atoms with E-state index in [-0.39, 0.29) is 42.0 Å². The quantitative estimate of drug-likeness (QED) is 0.398. The Labute approximate surface area is 228 Å². The molecule has 0 bridgehead atoms. The molecule has 0 saturated carbocycles. The fourth-order valence-electron chi connectivity index (χ4n) is 6.05. The second-order valence-corrected chi connectivity index (χ2v) is 11.3.